The van der Waals surface area contributed by atoms with Crippen molar-refractivity contribution >= 4 is 5.91 Å². The van der Waals surface area contributed by atoms with Crippen molar-refractivity contribution in [1.29, 1.82) is 0 Å². The minimum atomic E-state index is -0.0293. The molecule has 1 aliphatic heterocycles. The molecule has 0 aliphatic carbocycles. The number of nitrogens with zero attached hydrogens (tertiary/aromatic N) is 1. The van der Waals surface area contributed by atoms with E-state index < -0.39 is 0 Å². The number of carbonyl (C=O) groups is 1. The van der Waals surface area contributed by atoms with Gasteiger partial charge in [0.05, 0.1) is 0 Å². The summed E-state index contributed by atoms with van der Waals surface area (Å²) in [5, 5.41) is 3.33. The average molecular weight is 356 g/mol. The average Bonchev–Trinajstić information content (AvgIpc) is 3.30. The van der Waals surface area contributed by atoms with Crippen LogP contribution in [0.2, 0.25) is 0 Å². The van der Waals surface area contributed by atoms with Gasteiger partial charge in [-0.1, -0.05) is 24.6 Å². The molecule has 0 bridgehead atoms. The second kappa shape index (κ2) is 8.41. The molecule has 2 aromatic rings. The monoisotopic (exact) mass is 356 g/mol. The largest absolute Gasteiger partial charge is 0.485 e. The molecule has 1 atom stereocenters. The van der Waals surface area contributed by atoms with Crippen LogP contribution in [-0.2, 0) is 6.61 Å². The quantitative estimate of drug-likeness (QED) is 0.822. The minimum absolute atomic E-state index is 0.0293. The van der Waals surface area contributed by atoms with Gasteiger partial charge in [0, 0.05) is 19.1 Å². The highest BCUT2D eigenvalue weighted by Gasteiger charge is 2.28. The summed E-state index contributed by atoms with van der Waals surface area (Å²) < 4.78 is 11.6. The highest BCUT2D eigenvalue weighted by atomic mass is 16.5. The molecule has 3 rings (SSSR count). The van der Waals surface area contributed by atoms with E-state index in [1.165, 1.54) is 5.56 Å². The maximum atomic E-state index is 12.9. The SMILES string of the molecule is CCCN(C(=O)c1ccc(COc2ccc(C)cc2C)o1)C1CCNC1. The summed E-state index contributed by atoms with van der Waals surface area (Å²) in [6.45, 7) is 9.06. The summed E-state index contributed by atoms with van der Waals surface area (Å²) in [5.41, 5.74) is 2.30. The van der Waals surface area contributed by atoms with Crippen molar-refractivity contribution < 1.29 is 13.9 Å². The van der Waals surface area contributed by atoms with Crippen molar-refractivity contribution in [3.05, 3.63) is 53.0 Å². The number of ether oxygens (including phenoxy) is 1. The molecular weight excluding hydrogens is 328 g/mol. The molecule has 0 radical (unpaired) electrons. The lowest BCUT2D eigenvalue weighted by atomic mass is 10.1. The number of amides is 1. The van der Waals surface area contributed by atoms with Crippen LogP contribution in [0.4, 0.5) is 0 Å². The zero-order valence-electron chi connectivity index (χ0n) is 15.9. The van der Waals surface area contributed by atoms with E-state index in [0.717, 1.165) is 43.8 Å². The number of nitrogens with one attached hydrogen (secondary N) is 1. The van der Waals surface area contributed by atoms with Gasteiger partial charge in [-0.25, -0.2) is 0 Å². The second-order valence-electron chi connectivity index (χ2n) is 6.97. The van der Waals surface area contributed by atoms with Gasteiger partial charge in [0.15, 0.2) is 5.76 Å². The Kier molecular flexibility index (Phi) is 5.99. The van der Waals surface area contributed by atoms with Crippen LogP contribution < -0.4 is 10.1 Å². The first-order valence-corrected chi connectivity index (χ1v) is 9.39. The topological polar surface area (TPSA) is 54.7 Å². The smallest absolute Gasteiger partial charge is 0.289 e. The third-order valence-electron chi connectivity index (χ3n) is 4.77. The molecule has 1 aromatic carbocycles. The number of hydrogen-bond donors (Lipinski definition) is 1. The Bertz CT molecular complexity index is 747. The lowest BCUT2D eigenvalue weighted by molar-refractivity contribution is 0.0655. The van der Waals surface area contributed by atoms with Crippen LogP contribution in [-0.4, -0.2) is 36.5 Å². The first-order valence-electron chi connectivity index (χ1n) is 9.39. The predicted octanol–water partition coefficient (Wildman–Crippen LogP) is 3.69. The molecule has 2 heterocycles. The maximum absolute atomic E-state index is 12.9. The third-order valence-corrected chi connectivity index (χ3v) is 4.77. The van der Waals surface area contributed by atoms with Gasteiger partial charge in [-0.3, -0.25) is 4.79 Å². The lowest BCUT2D eigenvalue weighted by Crippen LogP contribution is -2.41. The summed E-state index contributed by atoms with van der Waals surface area (Å²) in [6.07, 6.45) is 1.93. The van der Waals surface area contributed by atoms with Gasteiger partial charge in [0.2, 0.25) is 0 Å². The number of carbonyl (C=O) groups excluding carboxylic acids is 1. The Labute approximate surface area is 155 Å². The number of aryl methyl sites for hydroxylation is 2. The normalized spacial score (nSPS) is 16.7. The molecule has 1 amide bonds. The number of hydrogen-bond acceptors (Lipinski definition) is 4. The van der Waals surface area contributed by atoms with Gasteiger partial charge in [0.25, 0.3) is 5.91 Å². The fraction of sp³-hybridized carbons (Fsp3) is 0.476. The van der Waals surface area contributed by atoms with Crippen molar-refractivity contribution in [2.24, 2.45) is 0 Å². The van der Waals surface area contributed by atoms with Crippen molar-refractivity contribution in [2.75, 3.05) is 19.6 Å². The van der Waals surface area contributed by atoms with E-state index in [-0.39, 0.29) is 11.9 Å². The molecule has 1 N–H and O–H groups in total. The Morgan fingerprint density at radius 2 is 2.15 bits per heavy atom. The van der Waals surface area contributed by atoms with Gasteiger partial charge < -0.3 is 19.4 Å². The second-order valence-corrected chi connectivity index (χ2v) is 6.97. The van der Waals surface area contributed by atoms with Crippen molar-refractivity contribution in [3.8, 4) is 5.75 Å². The lowest BCUT2D eigenvalue weighted by Gasteiger charge is -2.27. The minimum Gasteiger partial charge on any atom is -0.485 e. The molecule has 1 unspecified atom stereocenters. The van der Waals surface area contributed by atoms with E-state index in [2.05, 4.69) is 25.2 Å². The number of benzene rings is 1. The van der Waals surface area contributed by atoms with Crippen LogP contribution in [0.15, 0.2) is 34.7 Å². The summed E-state index contributed by atoms with van der Waals surface area (Å²) >= 11 is 0. The Morgan fingerprint density at radius 1 is 1.31 bits per heavy atom. The molecule has 1 saturated heterocycles. The standard InChI is InChI=1S/C21H28N2O3/c1-4-11-23(17-9-10-22-13-17)21(24)20-8-6-18(26-20)14-25-19-7-5-15(2)12-16(19)3/h5-8,12,17,22H,4,9-11,13-14H2,1-3H3. The summed E-state index contributed by atoms with van der Waals surface area (Å²) in [6, 6.07) is 9.92. The molecule has 1 aliphatic rings. The van der Waals surface area contributed by atoms with Gasteiger partial charge >= 0.3 is 0 Å². The molecule has 26 heavy (non-hydrogen) atoms. The highest BCUT2D eigenvalue weighted by Crippen LogP contribution is 2.21. The predicted molar refractivity (Wildman–Crippen MR) is 102 cm³/mol. The van der Waals surface area contributed by atoms with Gasteiger partial charge in [-0.15, -0.1) is 0 Å². The van der Waals surface area contributed by atoms with Crippen LogP contribution in [0, 0.1) is 13.8 Å². The van der Waals surface area contributed by atoms with Crippen molar-refractivity contribution in [2.45, 2.75) is 46.3 Å². The van der Waals surface area contributed by atoms with Crippen molar-refractivity contribution in [1.82, 2.24) is 10.2 Å². The van der Waals surface area contributed by atoms with Gasteiger partial charge in [-0.2, -0.15) is 0 Å². The third kappa shape index (κ3) is 4.28. The molecule has 0 spiro atoms. The first kappa shape index (κ1) is 18.5. The number of rotatable bonds is 7. The van der Waals surface area contributed by atoms with Gasteiger partial charge in [0.1, 0.15) is 18.1 Å². The van der Waals surface area contributed by atoms with E-state index in [1.54, 1.807) is 6.07 Å². The van der Waals surface area contributed by atoms with E-state index in [9.17, 15) is 4.79 Å². The highest BCUT2D eigenvalue weighted by molar-refractivity contribution is 5.91. The molecule has 0 saturated carbocycles. The Balaban J connectivity index is 1.65. The summed E-state index contributed by atoms with van der Waals surface area (Å²) in [5.74, 6) is 1.86. The molecule has 1 aromatic heterocycles. The van der Waals surface area contributed by atoms with Crippen LogP contribution in [0.3, 0.4) is 0 Å². The van der Waals surface area contributed by atoms with Crippen LogP contribution >= 0.6 is 0 Å². The van der Waals surface area contributed by atoms with Crippen LogP contribution in [0.25, 0.3) is 0 Å². The molecule has 5 nitrogen and oxygen atoms in total. The summed E-state index contributed by atoms with van der Waals surface area (Å²) in [4.78, 5) is 14.8. The van der Waals surface area contributed by atoms with Crippen LogP contribution in [0.1, 0.15) is 47.2 Å². The fourth-order valence-corrected chi connectivity index (χ4v) is 3.42. The van der Waals surface area contributed by atoms with E-state index in [1.807, 2.05) is 30.0 Å². The first-order chi connectivity index (χ1) is 12.6. The molecule has 5 heteroatoms. The number of furan rings is 1. The molecular formula is C21H28N2O3. The maximum Gasteiger partial charge on any atom is 0.289 e. The summed E-state index contributed by atoms with van der Waals surface area (Å²) in [7, 11) is 0. The van der Waals surface area contributed by atoms with Gasteiger partial charge in [-0.05, 0) is 57.0 Å². The van der Waals surface area contributed by atoms with Crippen LogP contribution in [0.5, 0.6) is 5.75 Å². The Hall–Kier alpha value is -2.27. The van der Waals surface area contributed by atoms with E-state index in [4.69, 9.17) is 9.15 Å². The zero-order valence-corrected chi connectivity index (χ0v) is 15.9. The Morgan fingerprint density at radius 3 is 2.85 bits per heavy atom. The molecule has 1 fully saturated rings. The zero-order chi connectivity index (χ0) is 18.5. The van der Waals surface area contributed by atoms with E-state index >= 15 is 0 Å². The molecule has 140 valence electrons. The fourth-order valence-electron chi connectivity index (χ4n) is 3.42. The van der Waals surface area contributed by atoms with E-state index in [0.29, 0.717) is 18.1 Å². The van der Waals surface area contributed by atoms with Crippen molar-refractivity contribution in [3.63, 3.8) is 0 Å².